The molecule has 1 heterocycles. The van der Waals surface area contributed by atoms with Gasteiger partial charge in [-0.15, -0.1) is 0 Å². The molecule has 1 atom stereocenters. The zero-order chi connectivity index (χ0) is 28.5. The molecular weight excluding hydrogens is 506 g/mol. The third kappa shape index (κ3) is 7.66. The van der Waals surface area contributed by atoms with Gasteiger partial charge in [0.2, 0.25) is 0 Å². The first-order valence-corrected chi connectivity index (χ1v) is 12.2. The number of aliphatic imine (C=N–C) groups is 1. The summed E-state index contributed by atoms with van der Waals surface area (Å²) in [5, 5.41) is 6.13. The van der Waals surface area contributed by atoms with Crippen molar-refractivity contribution in [3.63, 3.8) is 0 Å². The number of fused-ring (bicyclic) bond motifs is 1. The maximum absolute atomic E-state index is 13.2. The van der Waals surface area contributed by atoms with Crippen LogP contribution in [0.1, 0.15) is 61.2 Å². The maximum atomic E-state index is 13.2. The molecule has 4 nitrogen and oxygen atoms in total. The summed E-state index contributed by atoms with van der Waals surface area (Å²) in [5.41, 5.74) is 6.90. The van der Waals surface area contributed by atoms with E-state index in [-0.39, 0.29) is 11.3 Å². The summed E-state index contributed by atoms with van der Waals surface area (Å²) < 4.78 is 76.3. The molecule has 0 fully saturated rings. The number of hydrogen-bond donors (Lipinski definition) is 3. The number of amidine groups is 1. The lowest BCUT2D eigenvalue weighted by molar-refractivity contribution is -0.138. The van der Waals surface area contributed by atoms with E-state index in [4.69, 9.17) is 5.73 Å². The molecule has 0 radical (unpaired) electrons. The Hall–Kier alpha value is -3.69. The van der Waals surface area contributed by atoms with E-state index in [1.165, 1.54) is 18.2 Å². The molecule has 38 heavy (non-hydrogen) atoms. The number of rotatable bonds is 3. The van der Waals surface area contributed by atoms with Gasteiger partial charge in [0.1, 0.15) is 12.0 Å². The number of nitrogens with zero attached hydrogens (tertiary/aromatic N) is 1. The van der Waals surface area contributed by atoms with Crippen LogP contribution in [-0.2, 0) is 18.8 Å². The van der Waals surface area contributed by atoms with E-state index in [9.17, 15) is 26.3 Å². The fourth-order valence-corrected chi connectivity index (χ4v) is 3.84. The van der Waals surface area contributed by atoms with Gasteiger partial charge < -0.3 is 16.4 Å². The van der Waals surface area contributed by atoms with E-state index in [0.717, 1.165) is 41.4 Å². The van der Waals surface area contributed by atoms with Crippen LogP contribution in [0, 0.1) is 0 Å². The van der Waals surface area contributed by atoms with Crippen molar-refractivity contribution in [2.75, 3.05) is 18.1 Å². The molecule has 1 unspecified atom stereocenters. The van der Waals surface area contributed by atoms with Crippen LogP contribution in [0.3, 0.4) is 0 Å². The van der Waals surface area contributed by atoms with Crippen LogP contribution in [0.4, 0.5) is 37.7 Å². The predicted molar refractivity (Wildman–Crippen MR) is 141 cm³/mol. The molecule has 206 valence electrons. The molecule has 0 spiro atoms. The number of alkyl halides is 6. The van der Waals surface area contributed by atoms with Crippen LogP contribution < -0.4 is 16.4 Å². The lowest BCUT2D eigenvalue weighted by Crippen LogP contribution is -2.39. The van der Waals surface area contributed by atoms with E-state index in [1.807, 2.05) is 45.0 Å². The van der Waals surface area contributed by atoms with Crippen molar-refractivity contribution in [1.29, 1.82) is 0 Å². The number of aryl methyl sites for hydroxylation is 1. The second-order valence-electron chi connectivity index (χ2n) is 8.09. The third-order valence-corrected chi connectivity index (χ3v) is 5.56. The topological polar surface area (TPSA) is 62.4 Å². The highest BCUT2D eigenvalue weighted by Gasteiger charge is 2.36. The van der Waals surface area contributed by atoms with E-state index in [0.29, 0.717) is 12.3 Å². The Bertz CT molecular complexity index is 1220. The van der Waals surface area contributed by atoms with Crippen LogP contribution in [-0.4, -0.2) is 12.9 Å². The van der Waals surface area contributed by atoms with Crippen molar-refractivity contribution in [2.45, 2.75) is 52.1 Å². The average Bonchev–Trinajstić information content (AvgIpc) is 2.89. The Morgan fingerprint density at radius 3 is 2.05 bits per heavy atom. The van der Waals surface area contributed by atoms with Gasteiger partial charge in [-0.3, -0.25) is 4.99 Å². The highest BCUT2D eigenvalue weighted by Crippen LogP contribution is 2.36. The van der Waals surface area contributed by atoms with Crippen LogP contribution >= 0.6 is 0 Å². The summed E-state index contributed by atoms with van der Waals surface area (Å²) in [6, 6.07) is 16.4. The molecule has 4 N–H and O–H groups in total. The van der Waals surface area contributed by atoms with E-state index >= 15 is 0 Å². The Balaban J connectivity index is 0.000000274. The molecule has 1 aliphatic heterocycles. The highest BCUT2D eigenvalue weighted by molar-refractivity contribution is 6.05. The molecule has 3 aromatic carbocycles. The van der Waals surface area contributed by atoms with Crippen molar-refractivity contribution in [2.24, 2.45) is 4.99 Å². The second kappa shape index (κ2) is 13.2. The maximum Gasteiger partial charge on any atom is 0.416 e. The van der Waals surface area contributed by atoms with Crippen molar-refractivity contribution in [3.05, 3.63) is 94.5 Å². The van der Waals surface area contributed by atoms with Crippen molar-refractivity contribution in [3.8, 4) is 0 Å². The lowest BCUT2D eigenvalue weighted by Gasteiger charge is -2.31. The minimum absolute atomic E-state index is 0.144. The third-order valence-electron chi connectivity index (χ3n) is 5.56. The van der Waals surface area contributed by atoms with Gasteiger partial charge in [-0.1, -0.05) is 63.6 Å². The standard InChI is InChI=1S/C16H14F3N3.C10H12F3N.C2H6/c1-20-14-11-7-3-5-9-13(11)21-15(22-14)10-6-2-4-8-12(10)16(17,18)19;1-2-3-7-4-5-8(6-9(7)14)10(11,12)13;1-2/h2-9,15,21H,1H3,(H,20,22);4-6H,2-3,14H2,1H3;1-2H3. The number of benzene rings is 3. The van der Waals surface area contributed by atoms with Crippen LogP contribution in [0.5, 0.6) is 0 Å². The molecule has 10 heteroatoms. The first-order valence-electron chi connectivity index (χ1n) is 12.2. The molecule has 0 aromatic heterocycles. The van der Waals surface area contributed by atoms with Gasteiger partial charge in [0.25, 0.3) is 0 Å². The number of anilines is 2. The van der Waals surface area contributed by atoms with Gasteiger partial charge in [-0.05, 0) is 42.3 Å². The summed E-state index contributed by atoms with van der Waals surface area (Å²) in [6.45, 7) is 5.96. The van der Waals surface area contributed by atoms with Gasteiger partial charge in [0.15, 0.2) is 0 Å². The fraction of sp³-hybridized carbons (Fsp3) is 0.321. The molecule has 0 saturated carbocycles. The number of hydrogen-bond acceptors (Lipinski definition) is 3. The smallest absolute Gasteiger partial charge is 0.398 e. The number of nitrogens with two attached hydrogens (primary N) is 1. The number of nitrogen functional groups attached to an aromatic ring is 1. The first kappa shape index (κ1) is 30.5. The van der Waals surface area contributed by atoms with E-state index in [2.05, 4.69) is 15.6 Å². The molecular formula is C28H32F6N4. The summed E-state index contributed by atoms with van der Waals surface area (Å²) in [7, 11) is 1.61. The van der Waals surface area contributed by atoms with Gasteiger partial charge in [-0.25, -0.2) is 0 Å². The van der Waals surface area contributed by atoms with Gasteiger partial charge in [0, 0.05) is 29.5 Å². The Labute approximate surface area is 219 Å². The van der Waals surface area contributed by atoms with E-state index < -0.39 is 29.6 Å². The first-order chi connectivity index (χ1) is 18.0. The Morgan fingerprint density at radius 1 is 0.842 bits per heavy atom. The van der Waals surface area contributed by atoms with Crippen molar-refractivity contribution >= 4 is 17.2 Å². The second-order valence-corrected chi connectivity index (χ2v) is 8.09. The molecule has 4 rings (SSSR count). The molecule has 0 saturated heterocycles. The number of halogens is 6. The van der Waals surface area contributed by atoms with Crippen LogP contribution in [0.2, 0.25) is 0 Å². The zero-order valence-corrected chi connectivity index (χ0v) is 21.6. The minimum atomic E-state index is -4.40. The zero-order valence-electron chi connectivity index (χ0n) is 21.6. The minimum Gasteiger partial charge on any atom is -0.398 e. The molecule has 1 aliphatic rings. The summed E-state index contributed by atoms with van der Waals surface area (Å²) >= 11 is 0. The predicted octanol–water partition coefficient (Wildman–Crippen LogP) is 8.06. The summed E-state index contributed by atoms with van der Waals surface area (Å²) in [5.74, 6) is 0.566. The normalized spacial score (nSPS) is 15.6. The molecule has 0 amide bonds. The Kier molecular flexibility index (Phi) is 10.6. The number of para-hydroxylation sites is 1. The quantitative estimate of drug-likeness (QED) is 0.233. The van der Waals surface area contributed by atoms with Crippen molar-refractivity contribution < 1.29 is 26.3 Å². The van der Waals surface area contributed by atoms with E-state index in [1.54, 1.807) is 13.1 Å². The lowest BCUT2D eigenvalue weighted by atomic mass is 10.0. The average molecular weight is 539 g/mol. The van der Waals surface area contributed by atoms with Gasteiger partial charge >= 0.3 is 12.4 Å². The van der Waals surface area contributed by atoms with Crippen molar-refractivity contribution in [1.82, 2.24) is 5.32 Å². The van der Waals surface area contributed by atoms with Crippen LogP contribution in [0.25, 0.3) is 0 Å². The van der Waals surface area contributed by atoms with Crippen LogP contribution in [0.15, 0.2) is 71.7 Å². The summed E-state index contributed by atoms with van der Waals surface area (Å²) in [6.07, 6.45) is -7.81. The number of nitrogens with one attached hydrogen (secondary N) is 2. The molecule has 0 bridgehead atoms. The van der Waals surface area contributed by atoms with Gasteiger partial charge in [0.05, 0.1) is 11.1 Å². The fourth-order valence-electron chi connectivity index (χ4n) is 3.84. The monoisotopic (exact) mass is 538 g/mol. The molecule has 0 aliphatic carbocycles. The largest absolute Gasteiger partial charge is 0.416 e. The van der Waals surface area contributed by atoms with Gasteiger partial charge in [-0.2, -0.15) is 26.3 Å². The Morgan fingerprint density at radius 2 is 1.47 bits per heavy atom. The highest BCUT2D eigenvalue weighted by atomic mass is 19.4. The summed E-state index contributed by atoms with van der Waals surface area (Å²) in [4.78, 5) is 4.14. The molecule has 3 aromatic rings. The SMILES string of the molecule is CC.CCCc1ccc(C(F)(F)F)cc1N.CN=C1NC(c2ccccc2C(F)(F)F)Nc2ccccc21.